The normalized spacial score (nSPS) is 11.0. The zero-order valence-corrected chi connectivity index (χ0v) is 17.6. The second kappa shape index (κ2) is 9.41. The first kappa shape index (κ1) is 21.3. The quantitative estimate of drug-likeness (QED) is 0.593. The minimum Gasteiger partial charge on any atom is -0.493 e. The van der Waals surface area contributed by atoms with Crippen molar-refractivity contribution in [2.45, 2.75) is 19.9 Å². The molecule has 0 aliphatic rings. The molecular weight excluding hydrogens is 384 g/mol. The van der Waals surface area contributed by atoms with Crippen LogP contribution >= 0.6 is 0 Å². The summed E-state index contributed by atoms with van der Waals surface area (Å²) in [5.74, 6) is 1.29. The van der Waals surface area contributed by atoms with E-state index in [0.717, 1.165) is 17.7 Å². The fraction of sp³-hybridized carbons (Fsp3) is 0.318. The molecular formula is C22H26N4O4. The number of fused-ring (bicyclic) bond motifs is 1. The van der Waals surface area contributed by atoms with Gasteiger partial charge in [0.25, 0.3) is 5.56 Å². The number of H-pyrrole nitrogens is 1. The van der Waals surface area contributed by atoms with Gasteiger partial charge in [-0.3, -0.25) is 14.5 Å². The number of anilines is 1. The Kier molecular flexibility index (Phi) is 6.68. The molecule has 1 aromatic heterocycles. The summed E-state index contributed by atoms with van der Waals surface area (Å²) in [7, 11) is 4.84. The third-order valence-corrected chi connectivity index (χ3v) is 4.77. The van der Waals surface area contributed by atoms with Crippen LogP contribution in [0.25, 0.3) is 10.9 Å². The average Bonchev–Trinajstić information content (AvgIpc) is 2.73. The van der Waals surface area contributed by atoms with E-state index in [4.69, 9.17) is 9.47 Å². The standard InChI is InChI=1S/C22H26N4O4/c1-5-14-8-6-7-9-16(14)24-21(27)13-26(2)12-20-23-17-11-19(30-4)18(29-3)10-15(17)22(28)25-20/h6-11H,5,12-13H2,1-4H3,(H,24,27)(H,23,25,28). The second-order valence-electron chi connectivity index (χ2n) is 6.97. The van der Waals surface area contributed by atoms with Gasteiger partial charge in [0.2, 0.25) is 5.91 Å². The van der Waals surface area contributed by atoms with Crippen molar-refractivity contribution < 1.29 is 14.3 Å². The summed E-state index contributed by atoms with van der Waals surface area (Å²) in [5.41, 5.74) is 2.13. The summed E-state index contributed by atoms with van der Waals surface area (Å²) in [6.07, 6.45) is 0.836. The van der Waals surface area contributed by atoms with E-state index in [0.29, 0.717) is 34.8 Å². The van der Waals surface area contributed by atoms with Crippen LogP contribution in [-0.2, 0) is 17.8 Å². The van der Waals surface area contributed by atoms with Crippen molar-refractivity contribution in [3.8, 4) is 11.5 Å². The lowest BCUT2D eigenvalue weighted by molar-refractivity contribution is -0.117. The first-order valence-electron chi connectivity index (χ1n) is 9.66. The highest BCUT2D eigenvalue weighted by Gasteiger charge is 2.14. The fourth-order valence-corrected chi connectivity index (χ4v) is 3.29. The Morgan fingerprint density at radius 2 is 1.87 bits per heavy atom. The predicted octanol–water partition coefficient (Wildman–Crippen LogP) is 2.57. The molecule has 2 aromatic carbocycles. The first-order valence-corrected chi connectivity index (χ1v) is 9.66. The molecule has 0 saturated carbocycles. The number of para-hydroxylation sites is 1. The Balaban J connectivity index is 1.73. The van der Waals surface area contributed by atoms with Gasteiger partial charge in [0.15, 0.2) is 11.5 Å². The number of carbonyl (C=O) groups is 1. The number of methoxy groups -OCH3 is 2. The van der Waals surface area contributed by atoms with Gasteiger partial charge in [0.1, 0.15) is 5.82 Å². The highest BCUT2D eigenvalue weighted by Crippen LogP contribution is 2.29. The molecule has 0 aliphatic carbocycles. The number of benzene rings is 2. The lowest BCUT2D eigenvalue weighted by Gasteiger charge is -2.17. The van der Waals surface area contributed by atoms with Crippen molar-refractivity contribution in [2.75, 3.05) is 33.1 Å². The van der Waals surface area contributed by atoms with Crippen molar-refractivity contribution in [3.05, 3.63) is 58.1 Å². The molecule has 158 valence electrons. The maximum atomic E-state index is 12.5. The zero-order valence-electron chi connectivity index (χ0n) is 17.6. The Hall–Kier alpha value is -3.39. The largest absolute Gasteiger partial charge is 0.493 e. The van der Waals surface area contributed by atoms with Crippen molar-refractivity contribution in [2.24, 2.45) is 0 Å². The van der Waals surface area contributed by atoms with Crippen LogP contribution in [0.3, 0.4) is 0 Å². The van der Waals surface area contributed by atoms with Gasteiger partial charge < -0.3 is 19.8 Å². The van der Waals surface area contributed by atoms with Crippen molar-refractivity contribution >= 4 is 22.5 Å². The minimum atomic E-state index is -0.273. The van der Waals surface area contributed by atoms with Gasteiger partial charge in [-0.2, -0.15) is 0 Å². The van der Waals surface area contributed by atoms with Crippen LogP contribution in [0.5, 0.6) is 11.5 Å². The van der Waals surface area contributed by atoms with E-state index >= 15 is 0 Å². The molecule has 0 aliphatic heterocycles. The molecule has 8 heteroatoms. The van der Waals surface area contributed by atoms with Crippen LogP contribution in [0.2, 0.25) is 0 Å². The summed E-state index contributed by atoms with van der Waals surface area (Å²) in [4.78, 5) is 34.0. The molecule has 8 nitrogen and oxygen atoms in total. The van der Waals surface area contributed by atoms with E-state index < -0.39 is 0 Å². The Labute approximate surface area is 174 Å². The molecule has 1 amide bonds. The van der Waals surface area contributed by atoms with Crippen LogP contribution in [0, 0.1) is 0 Å². The summed E-state index contributed by atoms with van der Waals surface area (Å²) >= 11 is 0. The summed E-state index contributed by atoms with van der Waals surface area (Å²) < 4.78 is 10.5. The highest BCUT2D eigenvalue weighted by atomic mass is 16.5. The van der Waals surface area contributed by atoms with Gasteiger partial charge in [0.05, 0.1) is 38.2 Å². The number of aryl methyl sites for hydroxylation is 1. The molecule has 0 radical (unpaired) electrons. The third kappa shape index (κ3) is 4.77. The summed E-state index contributed by atoms with van der Waals surface area (Å²) in [5, 5.41) is 3.35. The number of nitrogens with zero attached hydrogens (tertiary/aromatic N) is 2. The number of carbonyl (C=O) groups excluding carboxylic acids is 1. The maximum Gasteiger partial charge on any atom is 0.258 e. The third-order valence-electron chi connectivity index (χ3n) is 4.77. The van der Waals surface area contributed by atoms with Crippen LogP contribution in [0.4, 0.5) is 5.69 Å². The molecule has 1 heterocycles. The Morgan fingerprint density at radius 1 is 1.17 bits per heavy atom. The average molecular weight is 410 g/mol. The molecule has 0 atom stereocenters. The van der Waals surface area contributed by atoms with Gasteiger partial charge >= 0.3 is 0 Å². The van der Waals surface area contributed by atoms with Gasteiger partial charge in [-0.1, -0.05) is 25.1 Å². The fourth-order valence-electron chi connectivity index (χ4n) is 3.29. The predicted molar refractivity (Wildman–Crippen MR) is 116 cm³/mol. The van der Waals surface area contributed by atoms with Crippen molar-refractivity contribution in [1.29, 1.82) is 0 Å². The molecule has 0 fully saturated rings. The monoisotopic (exact) mass is 410 g/mol. The number of rotatable bonds is 8. The van der Waals surface area contributed by atoms with E-state index in [-0.39, 0.29) is 18.0 Å². The number of aromatic nitrogens is 2. The van der Waals surface area contributed by atoms with E-state index in [1.54, 1.807) is 24.1 Å². The second-order valence-corrected chi connectivity index (χ2v) is 6.97. The number of amides is 1. The number of hydrogen-bond acceptors (Lipinski definition) is 6. The van der Waals surface area contributed by atoms with Crippen molar-refractivity contribution in [3.63, 3.8) is 0 Å². The van der Waals surface area contributed by atoms with E-state index in [9.17, 15) is 9.59 Å². The number of nitrogens with one attached hydrogen (secondary N) is 2. The topological polar surface area (TPSA) is 96.6 Å². The Bertz CT molecular complexity index is 1110. The molecule has 3 rings (SSSR count). The van der Waals surface area contributed by atoms with Crippen molar-refractivity contribution in [1.82, 2.24) is 14.9 Å². The van der Waals surface area contributed by atoms with Crippen LogP contribution in [0.15, 0.2) is 41.2 Å². The van der Waals surface area contributed by atoms with Gasteiger partial charge in [-0.15, -0.1) is 0 Å². The van der Waals surface area contributed by atoms with Gasteiger partial charge in [0, 0.05) is 11.8 Å². The Morgan fingerprint density at radius 3 is 2.57 bits per heavy atom. The maximum absolute atomic E-state index is 12.5. The molecule has 0 bridgehead atoms. The molecule has 0 unspecified atom stereocenters. The number of hydrogen-bond donors (Lipinski definition) is 2. The van der Waals surface area contributed by atoms with E-state index in [1.807, 2.05) is 31.2 Å². The van der Waals surface area contributed by atoms with Crippen LogP contribution < -0.4 is 20.3 Å². The van der Waals surface area contributed by atoms with Crippen LogP contribution in [-0.4, -0.2) is 48.6 Å². The zero-order chi connectivity index (χ0) is 21.7. The molecule has 3 aromatic rings. The summed E-state index contributed by atoms with van der Waals surface area (Å²) in [6.45, 7) is 2.51. The molecule has 30 heavy (non-hydrogen) atoms. The molecule has 2 N–H and O–H groups in total. The lowest BCUT2D eigenvalue weighted by atomic mass is 10.1. The van der Waals surface area contributed by atoms with E-state index in [2.05, 4.69) is 15.3 Å². The number of likely N-dealkylation sites (N-methyl/N-ethyl adjacent to an activating group) is 1. The SMILES string of the molecule is CCc1ccccc1NC(=O)CN(C)Cc1nc2cc(OC)c(OC)cc2c(=O)[nH]1. The van der Waals surface area contributed by atoms with Crippen LogP contribution in [0.1, 0.15) is 18.3 Å². The molecule has 0 spiro atoms. The number of aromatic amines is 1. The first-order chi connectivity index (χ1) is 14.4. The summed E-state index contributed by atoms with van der Waals surface area (Å²) in [6, 6.07) is 11.0. The van der Waals surface area contributed by atoms with Gasteiger partial charge in [-0.25, -0.2) is 4.98 Å². The highest BCUT2D eigenvalue weighted by molar-refractivity contribution is 5.93. The van der Waals surface area contributed by atoms with E-state index in [1.165, 1.54) is 14.2 Å². The minimum absolute atomic E-state index is 0.132. The smallest absolute Gasteiger partial charge is 0.258 e. The van der Waals surface area contributed by atoms with Gasteiger partial charge in [-0.05, 0) is 31.2 Å². The molecule has 0 saturated heterocycles. The lowest BCUT2D eigenvalue weighted by Crippen LogP contribution is -2.31. The number of ether oxygens (including phenoxy) is 2.